The first-order valence-electron chi connectivity index (χ1n) is 6.41. The Labute approximate surface area is 124 Å². The number of hydrogen-bond acceptors (Lipinski definition) is 4. The number of aryl methyl sites for hydroxylation is 1. The van der Waals surface area contributed by atoms with Gasteiger partial charge in [0.25, 0.3) is 0 Å². The van der Waals surface area contributed by atoms with Crippen molar-refractivity contribution in [1.82, 2.24) is 4.72 Å². The molecular weight excluding hydrogens is 300 g/mol. The Morgan fingerprint density at radius 3 is 2.75 bits per heavy atom. The minimum absolute atomic E-state index is 0.00839. The second-order valence-electron chi connectivity index (χ2n) is 5.46. The molecule has 0 aromatic heterocycles. The summed E-state index contributed by atoms with van der Waals surface area (Å²) in [6.45, 7) is 4.62. The second kappa shape index (κ2) is 5.52. The maximum absolute atomic E-state index is 12.5. The predicted molar refractivity (Wildman–Crippen MR) is 79.4 cm³/mol. The average molecular weight is 319 g/mol. The minimum atomic E-state index is -3.73. The molecule has 0 amide bonds. The smallest absolute Gasteiger partial charge is 0.242 e. The molecule has 3 N–H and O–H groups in total. The quantitative estimate of drug-likeness (QED) is 0.836. The molecule has 1 fully saturated rings. The van der Waals surface area contributed by atoms with E-state index in [0.29, 0.717) is 18.9 Å². The molecule has 1 aliphatic rings. The predicted octanol–water partition coefficient (Wildman–Crippen LogP) is 2.08. The van der Waals surface area contributed by atoms with Gasteiger partial charge in [-0.3, -0.25) is 0 Å². The molecule has 1 atom stereocenters. The summed E-state index contributed by atoms with van der Waals surface area (Å²) >= 11 is 6.04. The number of nitrogens with two attached hydrogens (primary N) is 1. The van der Waals surface area contributed by atoms with Crippen LogP contribution < -0.4 is 10.5 Å². The van der Waals surface area contributed by atoms with E-state index in [-0.39, 0.29) is 9.92 Å². The van der Waals surface area contributed by atoms with E-state index in [2.05, 4.69) is 4.72 Å². The standard InChI is InChI=1S/C13H19ClN2O3S/c1-9-6-10(14)12(7-11(9)15)20(17,18)16-13(2)4-3-5-19-8-13/h6-7,16H,3-5,8,15H2,1-2H3. The normalized spacial score (nSPS) is 23.8. The maximum Gasteiger partial charge on any atom is 0.242 e. The van der Waals surface area contributed by atoms with Crippen LogP contribution in [-0.4, -0.2) is 27.2 Å². The zero-order valence-corrected chi connectivity index (χ0v) is 13.1. The van der Waals surface area contributed by atoms with Gasteiger partial charge in [0.05, 0.1) is 17.2 Å². The number of benzene rings is 1. The van der Waals surface area contributed by atoms with Crippen LogP contribution in [0.3, 0.4) is 0 Å². The number of ether oxygens (including phenoxy) is 1. The molecule has 1 aliphatic heterocycles. The molecule has 5 nitrogen and oxygen atoms in total. The lowest BCUT2D eigenvalue weighted by Crippen LogP contribution is -2.51. The number of halogens is 1. The second-order valence-corrected chi connectivity index (χ2v) is 7.52. The van der Waals surface area contributed by atoms with Crippen molar-refractivity contribution in [2.24, 2.45) is 0 Å². The average Bonchev–Trinajstić information content (AvgIpc) is 2.33. The molecule has 1 aromatic rings. The van der Waals surface area contributed by atoms with Crippen LogP contribution in [0.4, 0.5) is 5.69 Å². The fraction of sp³-hybridized carbons (Fsp3) is 0.538. The van der Waals surface area contributed by atoms with Gasteiger partial charge in [0.2, 0.25) is 10.0 Å². The Balaban J connectivity index is 2.33. The lowest BCUT2D eigenvalue weighted by molar-refractivity contribution is 0.0386. The van der Waals surface area contributed by atoms with Gasteiger partial charge < -0.3 is 10.5 Å². The Morgan fingerprint density at radius 1 is 1.45 bits per heavy atom. The summed E-state index contributed by atoms with van der Waals surface area (Å²) in [4.78, 5) is 0.00839. The number of rotatable bonds is 3. The topological polar surface area (TPSA) is 81.4 Å². The van der Waals surface area contributed by atoms with Gasteiger partial charge in [0, 0.05) is 12.3 Å². The third-order valence-corrected chi connectivity index (χ3v) is 5.53. The van der Waals surface area contributed by atoms with Crippen LogP contribution in [0.5, 0.6) is 0 Å². The first-order valence-corrected chi connectivity index (χ1v) is 8.27. The molecule has 0 radical (unpaired) electrons. The first kappa shape index (κ1) is 15.6. The summed E-state index contributed by atoms with van der Waals surface area (Å²) in [6.07, 6.45) is 1.55. The van der Waals surface area contributed by atoms with Crippen molar-refractivity contribution in [2.45, 2.75) is 37.1 Å². The number of anilines is 1. The summed E-state index contributed by atoms with van der Waals surface area (Å²) in [5.41, 5.74) is 6.32. The van der Waals surface area contributed by atoms with E-state index in [9.17, 15) is 8.42 Å². The number of sulfonamides is 1. The Morgan fingerprint density at radius 2 is 2.15 bits per heavy atom. The Kier molecular flexibility index (Phi) is 4.30. The van der Waals surface area contributed by atoms with Crippen molar-refractivity contribution in [2.75, 3.05) is 18.9 Å². The van der Waals surface area contributed by atoms with E-state index in [1.165, 1.54) is 6.07 Å². The molecule has 2 rings (SSSR count). The van der Waals surface area contributed by atoms with Crippen molar-refractivity contribution < 1.29 is 13.2 Å². The van der Waals surface area contributed by atoms with E-state index >= 15 is 0 Å². The highest BCUT2D eigenvalue weighted by molar-refractivity contribution is 7.89. The van der Waals surface area contributed by atoms with Crippen molar-refractivity contribution in [3.63, 3.8) is 0 Å². The van der Waals surface area contributed by atoms with E-state index in [0.717, 1.165) is 18.4 Å². The summed E-state index contributed by atoms with van der Waals surface area (Å²) in [7, 11) is -3.73. The van der Waals surface area contributed by atoms with Gasteiger partial charge in [-0.25, -0.2) is 13.1 Å². The Hall–Kier alpha value is -0.820. The highest BCUT2D eigenvalue weighted by Crippen LogP contribution is 2.29. The number of hydrogen-bond donors (Lipinski definition) is 2. The van der Waals surface area contributed by atoms with Crippen LogP contribution in [0.25, 0.3) is 0 Å². The summed E-state index contributed by atoms with van der Waals surface area (Å²) in [5, 5.41) is 0.171. The fourth-order valence-corrected chi connectivity index (χ4v) is 4.31. The molecule has 7 heteroatoms. The summed E-state index contributed by atoms with van der Waals surface area (Å²) in [6, 6.07) is 2.96. The zero-order chi connectivity index (χ0) is 15.0. The van der Waals surface area contributed by atoms with Crippen molar-refractivity contribution >= 4 is 27.3 Å². The number of nitrogen functional groups attached to an aromatic ring is 1. The molecule has 1 heterocycles. The first-order chi connectivity index (χ1) is 9.23. The van der Waals surface area contributed by atoms with Gasteiger partial charge in [-0.05, 0) is 44.4 Å². The molecule has 112 valence electrons. The summed E-state index contributed by atoms with van der Waals surface area (Å²) < 4.78 is 33.0. The van der Waals surface area contributed by atoms with Crippen LogP contribution in [0.15, 0.2) is 17.0 Å². The van der Waals surface area contributed by atoms with Crippen LogP contribution in [-0.2, 0) is 14.8 Å². The molecule has 0 aliphatic carbocycles. The molecule has 1 unspecified atom stereocenters. The van der Waals surface area contributed by atoms with Gasteiger partial charge in [-0.2, -0.15) is 0 Å². The lowest BCUT2D eigenvalue weighted by atomic mass is 9.97. The van der Waals surface area contributed by atoms with Gasteiger partial charge in [-0.1, -0.05) is 11.6 Å². The molecule has 0 bridgehead atoms. The van der Waals surface area contributed by atoms with Gasteiger partial charge in [0.15, 0.2) is 0 Å². The van der Waals surface area contributed by atoms with E-state index in [4.69, 9.17) is 22.1 Å². The Bertz CT molecular complexity index is 610. The van der Waals surface area contributed by atoms with Crippen molar-refractivity contribution in [1.29, 1.82) is 0 Å². The fourth-order valence-electron chi connectivity index (χ4n) is 2.27. The van der Waals surface area contributed by atoms with Crippen LogP contribution in [0.1, 0.15) is 25.3 Å². The summed E-state index contributed by atoms with van der Waals surface area (Å²) in [5.74, 6) is 0. The van der Waals surface area contributed by atoms with Gasteiger partial charge >= 0.3 is 0 Å². The van der Waals surface area contributed by atoms with E-state index in [1.807, 2.05) is 6.92 Å². The molecule has 0 spiro atoms. The van der Waals surface area contributed by atoms with Gasteiger partial charge in [-0.15, -0.1) is 0 Å². The highest BCUT2D eigenvalue weighted by Gasteiger charge is 2.33. The largest absolute Gasteiger partial charge is 0.398 e. The van der Waals surface area contributed by atoms with Crippen LogP contribution >= 0.6 is 11.6 Å². The van der Waals surface area contributed by atoms with Crippen molar-refractivity contribution in [3.8, 4) is 0 Å². The molecule has 0 saturated carbocycles. The highest BCUT2D eigenvalue weighted by atomic mass is 35.5. The third kappa shape index (κ3) is 3.25. The monoisotopic (exact) mass is 318 g/mol. The molecule has 1 aromatic carbocycles. The third-order valence-electron chi connectivity index (χ3n) is 3.43. The number of nitrogens with one attached hydrogen (secondary N) is 1. The van der Waals surface area contributed by atoms with Gasteiger partial charge in [0.1, 0.15) is 4.90 Å². The molecular formula is C13H19ClN2O3S. The molecule has 20 heavy (non-hydrogen) atoms. The van der Waals surface area contributed by atoms with E-state index in [1.54, 1.807) is 13.0 Å². The molecule has 1 saturated heterocycles. The van der Waals surface area contributed by atoms with Crippen LogP contribution in [0, 0.1) is 6.92 Å². The minimum Gasteiger partial charge on any atom is -0.398 e. The zero-order valence-electron chi connectivity index (χ0n) is 11.6. The van der Waals surface area contributed by atoms with Crippen LogP contribution in [0.2, 0.25) is 5.02 Å². The van der Waals surface area contributed by atoms with E-state index < -0.39 is 15.6 Å². The lowest BCUT2D eigenvalue weighted by Gasteiger charge is -2.34. The van der Waals surface area contributed by atoms with Crippen molar-refractivity contribution in [3.05, 3.63) is 22.7 Å². The SMILES string of the molecule is Cc1cc(Cl)c(S(=O)(=O)NC2(C)CCCOC2)cc1N. The maximum atomic E-state index is 12.5.